The van der Waals surface area contributed by atoms with Gasteiger partial charge in [0.2, 0.25) is 0 Å². The Bertz CT molecular complexity index is 316. The Morgan fingerprint density at radius 2 is 1.76 bits per heavy atom. The van der Waals surface area contributed by atoms with E-state index in [1.54, 1.807) is 0 Å². The Labute approximate surface area is 107 Å². The van der Waals surface area contributed by atoms with E-state index in [9.17, 15) is 0 Å². The Morgan fingerprint density at radius 1 is 1.24 bits per heavy atom. The van der Waals surface area contributed by atoms with Gasteiger partial charge >= 0.3 is 0 Å². The van der Waals surface area contributed by atoms with E-state index in [2.05, 4.69) is 57.5 Å². The third-order valence-electron chi connectivity index (χ3n) is 2.68. The summed E-state index contributed by atoms with van der Waals surface area (Å²) in [5.41, 5.74) is 2.69. The van der Waals surface area contributed by atoms with Crippen LogP contribution < -0.4 is 0 Å². The first-order chi connectivity index (χ1) is 7.80. The fourth-order valence-corrected chi connectivity index (χ4v) is 1.53. The van der Waals surface area contributed by atoms with Crippen molar-refractivity contribution in [2.24, 2.45) is 5.92 Å². The molecule has 0 saturated carbocycles. The lowest BCUT2D eigenvalue weighted by molar-refractivity contribution is 0.354. The van der Waals surface area contributed by atoms with Gasteiger partial charge in [-0.25, -0.2) is 0 Å². The zero-order valence-corrected chi connectivity index (χ0v) is 13.0. The van der Waals surface area contributed by atoms with Crippen molar-refractivity contribution in [1.29, 1.82) is 0 Å². The predicted molar refractivity (Wildman–Crippen MR) is 76.5 cm³/mol. The zero-order chi connectivity index (χ0) is 13.6. The van der Waals surface area contributed by atoms with Crippen LogP contribution in [-0.4, -0.2) is 9.78 Å². The van der Waals surface area contributed by atoms with Crippen LogP contribution in [0.5, 0.6) is 0 Å². The van der Waals surface area contributed by atoms with Crippen LogP contribution in [0.15, 0.2) is 6.20 Å². The van der Waals surface area contributed by atoms with Crippen LogP contribution in [0.3, 0.4) is 0 Å². The lowest BCUT2D eigenvalue weighted by atomic mass is 10.0. The number of nitrogens with zero attached hydrogens (tertiary/aromatic N) is 2. The summed E-state index contributed by atoms with van der Waals surface area (Å²) < 4.78 is 2.08. The van der Waals surface area contributed by atoms with Crippen LogP contribution in [0.1, 0.15) is 66.1 Å². The third kappa shape index (κ3) is 5.38. The van der Waals surface area contributed by atoms with Gasteiger partial charge in [-0.2, -0.15) is 5.10 Å². The van der Waals surface area contributed by atoms with Gasteiger partial charge in [-0.15, -0.1) is 0 Å². The Hall–Kier alpha value is -0.790. The maximum absolute atomic E-state index is 4.58. The van der Waals surface area contributed by atoms with E-state index in [1.165, 1.54) is 17.7 Å². The van der Waals surface area contributed by atoms with Gasteiger partial charge in [0.25, 0.3) is 0 Å². The molecule has 0 unspecified atom stereocenters. The lowest BCUT2D eigenvalue weighted by Crippen LogP contribution is -2.22. The van der Waals surface area contributed by atoms with Crippen molar-refractivity contribution in [2.75, 3.05) is 0 Å². The minimum atomic E-state index is 0.0981. The number of hydrogen-bond acceptors (Lipinski definition) is 1. The zero-order valence-electron chi connectivity index (χ0n) is 13.0. The quantitative estimate of drug-likeness (QED) is 0.754. The summed E-state index contributed by atoms with van der Waals surface area (Å²) >= 11 is 0. The molecule has 0 N–H and O–H groups in total. The van der Waals surface area contributed by atoms with Crippen LogP contribution >= 0.6 is 0 Å². The molecule has 0 saturated heterocycles. The van der Waals surface area contributed by atoms with E-state index in [1.807, 2.05) is 13.8 Å². The summed E-state index contributed by atoms with van der Waals surface area (Å²) in [6.07, 6.45) is 4.61. The van der Waals surface area contributed by atoms with Gasteiger partial charge in [0.15, 0.2) is 0 Å². The van der Waals surface area contributed by atoms with E-state index < -0.39 is 0 Å². The van der Waals surface area contributed by atoms with Gasteiger partial charge in [-0.05, 0) is 52.0 Å². The molecule has 0 aliphatic heterocycles. The minimum Gasteiger partial charge on any atom is -0.267 e. The molecule has 2 nitrogen and oxygen atoms in total. The topological polar surface area (TPSA) is 17.8 Å². The summed E-state index contributed by atoms with van der Waals surface area (Å²) in [7, 11) is 0. The van der Waals surface area contributed by atoms with Crippen molar-refractivity contribution in [2.45, 2.75) is 73.8 Å². The Balaban J connectivity index is 0.00000121. The first-order valence-electron chi connectivity index (χ1n) is 6.86. The van der Waals surface area contributed by atoms with Crippen molar-refractivity contribution in [3.8, 4) is 0 Å². The molecular formula is C15H30N2. The average molecular weight is 238 g/mol. The van der Waals surface area contributed by atoms with Crippen LogP contribution in [0, 0.1) is 12.8 Å². The number of aromatic nitrogens is 2. The highest BCUT2D eigenvalue weighted by Crippen LogP contribution is 2.18. The van der Waals surface area contributed by atoms with E-state index in [0.29, 0.717) is 0 Å². The molecule has 1 rings (SSSR count). The fraction of sp³-hybridized carbons (Fsp3) is 0.800. The third-order valence-corrected chi connectivity index (χ3v) is 2.68. The Morgan fingerprint density at radius 3 is 2.12 bits per heavy atom. The molecule has 1 aromatic heterocycles. The molecule has 0 aliphatic rings. The SMILES string of the molecule is CC.Cc1nn(C(C)(C)C)cc1CCC(C)C. The standard InChI is InChI=1S/C13H24N2.C2H6/c1-10(2)7-8-12-9-15(13(4,5)6)14-11(12)3;1-2/h9-10H,7-8H2,1-6H3;1-2H3. The first kappa shape index (κ1) is 16.2. The van der Waals surface area contributed by atoms with Gasteiger partial charge in [-0.3, -0.25) is 4.68 Å². The van der Waals surface area contributed by atoms with Crippen molar-refractivity contribution in [1.82, 2.24) is 9.78 Å². The van der Waals surface area contributed by atoms with Crippen molar-refractivity contribution >= 4 is 0 Å². The second-order valence-corrected chi connectivity index (χ2v) is 5.79. The maximum atomic E-state index is 4.58. The average Bonchev–Trinajstić information content (AvgIpc) is 2.59. The van der Waals surface area contributed by atoms with Gasteiger partial charge < -0.3 is 0 Å². The van der Waals surface area contributed by atoms with E-state index in [4.69, 9.17) is 0 Å². The van der Waals surface area contributed by atoms with E-state index >= 15 is 0 Å². The van der Waals surface area contributed by atoms with Crippen LogP contribution in [0.2, 0.25) is 0 Å². The molecule has 1 heterocycles. The highest BCUT2D eigenvalue weighted by molar-refractivity contribution is 5.16. The molecular weight excluding hydrogens is 208 g/mol. The lowest BCUT2D eigenvalue weighted by Gasteiger charge is -2.18. The van der Waals surface area contributed by atoms with Crippen LogP contribution in [0.4, 0.5) is 0 Å². The van der Waals surface area contributed by atoms with Crippen LogP contribution in [0.25, 0.3) is 0 Å². The Kier molecular flexibility index (Phi) is 6.51. The molecule has 0 spiro atoms. The molecule has 0 fully saturated rings. The summed E-state index contributed by atoms with van der Waals surface area (Å²) in [6.45, 7) is 17.2. The van der Waals surface area contributed by atoms with Crippen LogP contribution in [-0.2, 0) is 12.0 Å². The minimum absolute atomic E-state index is 0.0981. The van der Waals surface area contributed by atoms with Crippen molar-refractivity contribution in [3.63, 3.8) is 0 Å². The summed E-state index contributed by atoms with van der Waals surface area (Å²) in [5.74, 6) is 0.766. The number of hydrogen-bond donors (Lipinski definition) is 0. The molecule has 0 bridgehead atoms. The molecule has 0 amide bonds. The van der Waals surface area contributed by atoms with Gasteiger partial charge in [0.05, 0.1) is 11.2 Å². The molecule has 0 radical (unpaired) electrons. The second kappa shape index (κ2) is 6.83. The molecule has 17 heavy (non-hydrogen) atoms. The summed E-state index contributed by atoms with van der Waals surface area (Å²) in [4.78, 5) is 0. The highest BCUT2D eigenvalue weighted by Gasteiger charge is 2.16. The number of aryl methyl sites for hydroxylation is 2. The van der Waals surface area contributed by atoms with Gasteiger partial charge in [0.1, 0.15) is 0 Å². The predicted octanol–water partition coefficient (Wildman–Crippen LogP) is 4.56. The molecule has 2 heteroatoms. The summed E-state index contributed by atoms with van der Waals surface area (Å²) in [5, 5.41) is 4.58. The molecule has 0 atom stereocenters. The number of rotatable bonds is 3. The second-order valence-electron chi connectivity index (χ2n) is 5.79. The van der Waals surface area contributed by atoms with Crippen molar-refractivity contribution < 1.29 is 0 Å². The van der Waals surface area contributed by atoms with Gasteiger partial charge in [0, 0.05) is 6.20 Å². The van der Waals surface area contributed by atoms with Crippen molar-refractivity contribution in [3.05, 3.63) is 17.5 Å². The normalized spacial score (nSPS) is 11.4. The van der Waals surface area contributed by atoms with E-state index in [-0.39, 0.29) is 5.54 Å². The molecule has 1 aromatic rings. The molecule has 0 aliphatic carbocycles. The fourth-order valence-electron chi connectivity index (χ4n) is 1.53. The highest BCUT2D eigenvalue weighted by atomic mass is 15.3. The summed E-state index contributed by atoms with van der Waals surface area (Å²) in [6, 6.07) is 0. The molecule has 100 valence electrons. The maximum Gasteiger partial charge on any atom is 0.0625 e. The van der Waals surface area contributed by atoms with E-state index in [0.717, 1.165) is 12.3 Å². The monoisotopic (exact) mass is 238 g/mol. The largest absolute Gasteiger partial charge is 0.267 e. The molecule has 0 aromatic carbocycles. The smallest absolute Gasteiger partial charge is 0.0625 e. The van der Waals surface area contributed by atoms with Gasteiger partial charge in [-0.1, -0.05) is 27.7 Å². The first-order valence-corrected chi connectivity index (χ1v) is 6.86.